The standard InChI is InChI=1S/C4H5NS2.C2H4O2/c1-6-4-5-2-3-7-4;1-2(3)4/h2-3H,1H3;1H3,(H,3,4). The van der Waals surface area contributed by atoms with Gasteiger partial charge in [-0.15, -0.1) is 11.3 Å². The van der Waals surface area contributed by atoms with Gasteiger partial charge < -0.3 is 5.11 Å². The van der Waals surface area contributed by atoms with E-state index in [9.17, 15) is 0 Å². The summed E-state index contributed by atoms with van der Waals surface area (Å²) < 4.78 is 1.14. The molecule has 5 heteroatoms. The maximum Gasteiger partial charge on any atom is 0.300 e. The van der Waals surface area contributed by atoms with Gasteiger partial charge in [0.25, 0.3) is 5.97 Å². The maximum atomic E-state index is 9.00. The topological polar surface area (TPSA) is 50.2 Å². The van der Waals surface area contributed by atoms with Gasteiger partial charge >= 0.3 is 0 Å². The highest BCUT2D eigenvalue weighted by atomic mass is 32.2. The van der Waals surface area contributed by atoms with E-state index < -0.39 is 5.97 Å². The first-order valence-electron chi connectivity index (χ1n) is 2.80. The van der Waals surface area contributed by atoms with E-state index in [0.29, 0.717) is 0 Å². The van der Waals surface area contributed by atoms with Crippen LogP contribution in [0.15, 0.2) is 15.9 Å². The molecule has 0 aliphatic carbocycles. The van der Waals surface area contributed by atoms with Crippen LogP contribution < -0.4 is 0 Å². The average Bonchev–Trinajstić information content (AvgIpc) is 2.36. The molecule has 0 saturated carbocycles. The molecule has 11 heavy (non-hydrogen) atoms. The molecule has 0 spiro atoms. The number of rotatable bonds is 1. The molecule has 62 valence electrons. The smallest absolute Gasteiger partial charge is 0.300 e. The quantitative estimate of drug-likeness (QED) is 0.689. The molecule has 1 heterocycles. The Morgan fingerprint density at radius 3 is 2.55 bits per heavy atom. The second-order valence-electron chi connectivity index (χ2n) is 1.52. The largest absolute Gasteiger partial charge is 0.481 e. The molecule has 1 N–H and O–H groups in total. The minimum atomic E-state index is -0.833. The summed E-state index contributed by atoms with van der Waals surface area (Å²) in [4.78, 5) is 13.0. The number of carboxylic acids is 1. The van der Waals surface area contributed by atoms with Crippen LogP contribution in [0.2, 0.25) is 0 Å². The number of aliphatic carboxylic acids is 1. The lowest BCUT2D eigenvalue weighted by Crippen LogP contribution is -1.78. The molecule has 0 atom stereocenters. The monoisotopic (exact) mass is 191 g/mol. The summed E-state index contributed by atoms with van der Waals surface area (Å²) in [6, 6.07) is 0. The molecular weight excluding hydrogens is 182 g/mol. The number of carboxylic acid groups (broad SMARTS) is 1. The Hall–Kier alpha value is -0.550. The Morgan fingerprint density at radius 2 is 2.36 bits per heavy atom. The van der Waals surface area contributed by atoms with Crippen molar-refractivity contribution in [3.8, 4) is 0 Å². The predicted octanol–water partition coefficient (Wildman–Crippen LogP) is 1.96. The van der Waals surface area contributed by atoms with Crippen LogP contribution in [-0.2, 0) is 4.79 Å². The summed E-state index contributed by atoms with van der Waals surface area (Å²) in [7, 11) is 0. The van der Waals surface area contributed by atoms with Gasteiger partial charge in [-0.1, -0.05) is 11.8 Å². The highest BCUT2D eigenvalue weighted by molar-refractivity contribution is 8.00. The minimum absolute atomic E-state index is 0.833. The first kappa shape index (κ1) is 10.4. The van der Waals surface area contributed by atoms with Gasteiger partial charge in [0.15, 0.2) is 0 Å². The number of carbonyl (C=O) groups is 1. The number of aromatic nitrogens is 1. The highest BCUT2D eigenvalue weighted by Gasteiger charge is 1.85. The van der Waals surface area contributed by atoms with Crippen molar-refractivity contribution in [1.82, 2.24) is 4.98 Å². The van der Waals surface area contributed by atoms with Gasteiger partial charge in [0, 0.05) is 18.5 Å². The molecule has 0 amide bonds. The summed E-state index contributed by atoms with van der Waals surface area (Å²) in [6.07, 6.45) is 3.84. The van der Waals surface area contributed by atoms with Crippen molar-refractivity contribution in [3.05, 3.63) is 11.6 Å². The van der Waals surface area contributed by atoms with Crippen molar-refractivity contribution in [2.75, 3.05) is 6.26 Å². The van der Waals surface area contributed by atoms with E-state index in [2.05, 4.69) is 4.98 Å². The number of thiazole rings is 1. The summed E-state index contributed by atoms with van der Waals surface area (Å²) in [5.74, 6) is -0.833. The third kappa shape index (κ3) is 7.35. The zero-order valence-corrected chi connectivity index (χ0v) is 7.91. The van der Waals surface area contributed by atoms with Crippen molar-refractivity contribution in [2.24, 2.45) is 0 Å². The Labute approximate surface area is 73.5 Å². The minimum Gasteiger partial charge on any atom is -0.481 e. The number of hydrogen-bond acceptors (Lipinski definition) is 4. The Kier molecular flexibility index (Phi) is 5.87. The van der Waals surface area contributed by atoms with Crippen LogP contribution in [0.5, 0.6) is 0 Å². The van der Waals surface area contributed by atoms with E-state index in [4.69, 9.17) is 9.90 Å². The molecule has 0 bridgehead atoms. The molecule has 0 aliphatic rings. The summed E-state index contributed by atoms with van der Waals surface area (Å²) in [5, 5.41) is 9.39. The molecule has 0 aliphatic heterocycles. The van der Waals surface area contributed by atoms with Crippen LogP contribution in [0.25, 0.3) is 0 Å². The Morgan fingerprint density at radius 1 is 1.82 bits per heavy atom. The molecule has 0 fully saturated rings. The zero-order valence-electron chi connectivity index (χ0n) is 6.27. The predicted molar refractivity (Wildman–Crippen MR) is 47.2 cm³/mol. The normalized spacial score (nSPS) is 8.18. The van der Waals surface area contributed by atoms with Crippen molar-refractivity contribution < 1.29 is 9.90 Å². The van der Waals surface area contributed by atoms with Gasteiger partial charge in [-0.05, 0) is 6.26 Å². The molecule has 0 radical (unpaired) electrons. The molecule has 0 aromatic carbocycles. The van der Waals surface area contributed by atoms with Gasteiger partial charge in [-0.25, -0.2) is 4.98 Å². The SMILES string of the molecule is CC(=O)O.CSc1nccs1. The lowest BCUT2D eigenvalue weighted by molar-refractivity contribution is -0.134. The molecule has 3 nitrogen and oxygen atoms in total. The molecular formula is C6H9NO2S2. The fraction of sp³-hybridized carbons (Fsp3) is 0.333. The van der Waals surface area contributed by atoms with Gasteiger partial charge in [-0.3, -0.25) is 4.79 Å². The van der Waals surface area contributed by atoms with Crippen LogP contribution in [-0.4, -0.2) is 22.3 Å². The highest BCUT2D eigenvalue weighted by Crippen LogP contribution is 2.15. The van der Waals surface area contributed by atoms with Gasteiger partial charge in [0.05, 0.1) is 0 Å². The van der Waals surface area contributed by atoms with E-state index in [1.54, 1.807) is 23.1 Å². The number of hydrogen-bond donors (Lipinski definition) is 1. The Bertz CT molecular complexity index is 194. The van der Waals surface area contributed by atoms with E-state index in [-0.39, 0.29) is 0 Å². The Balaban J connectivity index is 0.000000218. The van der Waals surface area contributed by atoms with Crippen molar-refractivity contribution >= 4 is 29.1 Å². The van der Waals surface area contributed by atoms with E-state index in [0.717, 1.165) is 11.3 Å². The van der Waals surface area contributed by atoms with Crippen molar-refractivity contribution in [3.63, 3.8) is 0 Å². The van der Waals surface area contributed by atoms with Crippen molar-refractivity contribution in [2.45, 2.75) is 11.3 Å². The molecule has 0 saturated heterocycles. The zero-order chi connectivity index (χ0) is 8.69. The van der Waals surface area contributed by atoms with Gasteiger partial charge in [-0.2, -0.15) is 0 Å². The first-order valence-corrected chi connectivity index (χ1v) is 4.90. The van der Waals surface area contributed by atoms with E-state index in [1.165, 1.54) is 0 Å². The third-order valence-electron chi connectivity index (χ3n) is 0.584. The molecule has 0 unspecified atom stereocenters. The summed E-state index contributed by atoms with van der Waals surface area (Å²) in [5.41, 5.74) is 0. The first-order chi connectivity index (χ1) is 5.16. The molecule has 1 aromatic rings. The second kappa shape index (κ2) is 6.18. The lowest BCUT2D eigenvalue weighted by Gasteiger charge is -1.76. The van der Waals surface area contributed by atoms with Crippen LogP contribution in [0, 0.1) is 0 Å². The van der Waals surface area contributed by atoms with Crippen molar-refractivity contribution in [1.29, 1.82) is 0 Å². The number of nitrogens with zero attached hydrogens (tertiary/aromatic N) is 1. The average molecular weight is 191 g/mol. The second-order valence-corrected chi connectivity index (χ2v) is 3.47. The van der Waals surface area contributed by atoms with Crippen LogP contribution >= 0.6 is 23.1 Å². The van der Waals surface area contributed by atoms with Gasteiger partial charge in [0.2, 0.25) is 0 Å². The van der Waals surface area contributed by atoms with Crippen LogP contribution in [0.4, 0.5) is 0 Å². The van der Waals surface area contributed by atoms with E-state index in [1.807, 2.05) is 17.8 Å². The van der Waals surface area contributed by atoms with Crippen LogP contribution in [0.1, 0.15) is 6.92 Å². The summed E-state index contributed by atoms with van der Waals surface area (Å²) >= 11 is 3.36. The maximum absolute atomic E-state index is 9.00. The summed E-state index contributed by atoms with van der Waals surface area (Å²) in [6.45, 7) is 1.08. The molecule has 1 rings (SSSR count). The van der Waals surface area contributed by atoms with Gasteiger partial charge in [0.1, 0.15) is 4.34 Å². The fourth-order valence-corrected chi connectivity index (χ4v) is 1.39. The van der Waals surface area contributed by atoms with E-state index >= 15 is 0 Å². The number of thioether (sulfide) groups is 1. The molecule has 1 aromatic heterocycles. The lowest BCUT2D eigenvalue weighted by atomic mass is 10.9. The van der Waals surface area contributed by atoms with Crippen LogP contribution in [0.3, 0.4) is 0 Å². The fourth-order valence-electron chi connectivity index (χ4n) is 0.311. The third-order valence-corrected chi connectivity index (χ3v) is 2.39.